The summed E-state index contributed by atoms with van der Waals surface area (Å²) in [5.74, 6) is -0.0643. The molecule has 4 heterocycles. The number of carbonyl (C=O) groups is 1. The van der Waals surface area contributed by atoms with Crippen LogP contribution in [0.15, 0.2) is 73.2 Å². The highest BCUT2D eigenvalue weighted by Gasteiger charge is 2.17. The Morgan fingerprint density at radius 3 is 2.52 bits per heavy atom. The first-order valence-electron chi connectivity index (χ1n) is 10.9. The normalized spacial score (nSPS) is 14.2. The second-order valence-electron chi connectivity index (χ2n) is 7.93. The van der Waals surface area contributed by atoms with Crippen molar-refractivity contribution in [2.45, 2.75) is 18.9 Å². The molecule has 0 aliphatic carbocycles. The van der Waals surface area contributed by atoms with Crippen LogP contribution in [0.5, 0.6) is 0 Å². The van der Waals surface area contributed by atoms with Crippen LogP contribution < -0.4 is 5.32 Å². The van der Waals surface area contributed by atoms with Gasteiger partial charge in [0.1, 0.15) is 0 Å². The summed E-state index contributed by atoms with van der Waals surface area (Å²) in [6.07, 6.45) is 6.91. The molecule has 7 nitrogen and oxygen atoms in total. The first-order chi connectivity index (χ1) is 16.2. The molecule has 1 aromatic carbocycles. The monoisotopic (exact) mass is 435 g/mol. The summed E-state index contributed by atoms with van der Waals surface area (Å²) in [4.78, 5) is 21.5. The molecule has 0 unspecified atom stereocenters. The zero-order chi connectivity index (χ0) is 22.6. The van der Waals surface area contributed by atoms with Crippen molar-refractivity contribution in [1.29, 1.82) is 0 Å². The molecular formula is C25H22BN5O2. The van der Waals surface area contributed by atoms with Gasteiger partial charge in [-0.15, -0.1) is 0 Å². The highest BCUT2D eigenvalue weighted by atomic mass is 16.5. The summed E-state index contributed by atoms with van der Waals surface area (Å²) in [6.45, 7) is 1.38. The molecule has 1 aliphatic rings. The Bertz CT molecular complexity index is 1250. The molecule has 2 radical (unpaired) electrons. The standard InChI is InChI=1S/C25H22BN5O2/c26-31-24(22-3-1-2-11-27-22)21(16-29-31)19-8-12-28-23(15-19)17-4-6-18(7-5-17)25(32)30-20-9-13-33-14-10-20/h1-8,11-12,15-16,20H,9-10,13-14H2,(H,30,32). The lowest BCUT2D eigenvalue weighted by molar-refractivity contribution is 0.0696. The summed E-state index contributed by atoms with van der Waals surface area (Å²) < 4.78 is 6.69. The van der Waals surface area contributed by atoms with Crippen LogP contribution >= 0.6 is 0 Å². The molecule has 0 spiro atoms. The molecule has 1 N–H and O–H groups in total. The highest BCUT2D eigenvalue weighted by Crippen LogP contribution is 2.32. The average Bonchev–Trinajstić information content (AvgIpc) is 3.27. The van der Waals surface area contributed by atoms with Crippen molar-refractivity contribution in [2.24, 2.45) is 0 Å². The van der Waals surface area contributed by atoms with Gasteiger partial charge in [-0.05, 0) is 54.8 Å². The van der Waals surface area contributed by atoms with Crippen LogP contribution in [-0.2, 0) is 4.74 Å². The van der Waals surface area contributed by atoms with E-state index in [9.17, 15) is 4.79 Å². The van der Waals surface area contributed by atoms with Gasteiger partial charge in [0, 0.05) is 48.3 Å². The minimum absolute atomic E-state index is 0.0643. The Hall–Kier alpha value is -3.78. The fourth-order valence-corrected chi connectivity index (χ4v) is 3.99. The van der Waals surface area contributed by atoms with Gasteiger partial charge in [0.15, 0.2) is 0 Å². The fourth-order valence-electron chi connectivity index (χ4n) is 3.99. The maximum atomic E-state index is 12.6. The van der Waals surface area contributed by atoms with E-state index in [0.29, 0.717) is 18.8 Å². The summed E-state index contributed by atoms with van der Waals surface area (Å²) in [7, 11) is 6.08. The second-order valence-corrected chi connectivity index (χ2v) is 7.93. The molecule has 4 aromatic rings. The lowest BCUT2D eigenvalue weighted by Gasteiger charge is -2.23. The first kappa shape index (κ1) is 21.1. The predicted octanol–water partition coefficient (Wildman–Crippen LogP) is 3.51. The van der Waals surface area contributed by atoms with E-state index < -0.39 is 0 Å². The third-order valence-corrected chi connectivity index (χ3v) is 5.77. The van der Waals surface area contributed by atoms with Crippen molar-refractivity contribution < 1.29 is 9.53 Å². The van der Waals surface area contributed by atoms with Crippen LogP contribution in [0.4, 0.5) is 0 Å². The quantitative estimate of drug-likeness (QED) is 0.486. The second kappa shape index (κ2) is 9.38. The number of nitrogens with zero attached hydrogens (tertiary/aromatic N) is 4. The Kier molecular flexibility index (Phi) is 6.00. The molecule has 1 amide bonds. The lowest BCUT2D eigenvalue weighted by atomic mass is 10.0. The van der Waals surface area contributed by atoms with E-state index in [0.717, 1.165) is 46.6 Å². The number of ether oxygens (including phenoxy) is 1. The largest absolute Gasteiger partial charge is 0.381 e. The third-order valence-electron chi connectivity index (χ3n) is 5.77. The number of amides is 1. The van der Waals surface area contributed by atoms with Gasteiger partial charge >= 0.3 is 0 Å². The van der Waals surface area contributed by atoms with Crippen molar-refractivity contribution in [3.05, 3.63) is 78.8 Å². The van der Waals surface area contributed by atoms with Gasteiger partial charge in [-0.2, -0.15) is 5.10 Å². The van der Waals surface area contributed by atoms with Crippen molar-refractivity contribution in [3.63, 3.8) is 0 Å². The summed E-state index contributed by atoms with van der Waals surface area (Å²) >= 11 is 0. The van der Waals surface area contributed by atoms with Crippen molar-refractivity contribution >= 4 is 13.9 Å². The molecule has 5 rings (SSSR count). The molecule has 0 saturated carbocycles. The smallest absolute Gasteiger partial charge is 0.265 e. The maximum Gasteiger partial charge on any atom is 0.265 e. The van der Waals surface area contributed by atoms with E-state index in [1.54, 1.807) is 18.6 Å². The Morgan fingerprint density at radius 2 is 1.76 bits per heavy atom. The van der Waals surface area contributed by atoms with E-state index in [2.05, 4.69) is 20.4 Å². The van der Waals surface area contributed by atoms with E-state index >= 15 is 0 Å². The van der Waals surface area contributed by atoms with Crippen LogP contribution in [-0.4, -0.2) is 52.8 Å². The van der Waals surface area contributed by atoms with Crippen molar-refractivity contribution in [2.75, 3.05) is 13.2 Å². The molecule has 3 aromatic heterocycles. The number of aromatic nitrogens is 4. The zero-order valence-electron chi connectivity index (χ0n) is 18.0. The average molecular weight is 435 g/mol. The number of pyridine rings is 2. The number of hydrogen-bond acceptors (Lipinski definition) is 5. The number of nitrogens with one attached hydrogen (secondary N) is 1. The van der Waals surface area contributed by atoms with Gasteiger partial charge in [-0.25, -0.2) is 0 Å². The predicted molar refractivity (Wildman–Crippen MR) is 127 cm³/mol. The van der Waals surface area contributed by atoms with Gasteiger partial charge in [-0.1, -0.05) is 18.2 Å². The number of carbonyl (C=O) groups excluding carboxylic acids is 1. The first-order valence-corrected chi connectivity index (χ1v) is 10.9. The van der Waals surface area contributed by atoms with Crippen LogP contribution in [0.2, 0.25) is 0 Å². The number of benzene rings is 1. The van der Waals surface area contributed by atoms with Crippen LogP contribution in [0, 0.1) is 0 Å². The van der Waals surface area contributed by atoms with Gasteiger partial charge in [0.25, 0.3) is 13.9 Å². The van der Waals surface area contributed by atoms with Gasteiger partial charge in [0.05, 0.1) is 23.3 Å². The van der Waals surface area contributed by atoms with Gasteiger partial charge in [-0.3, -0.25) is 14.8 Å². The Balaban J connectivity index is 1.39. The van der Waals surface area contributed by atoms with Crippen LogP contribution in [0.25, 0.3) is 33.8 Å². The van der Waals surface area contributed by atoms with E-state index in [1.165, 1.54) is 4.59 Å². The molecule has 0 bridgehead atoms. The van der Waals surface area contributed by atoms with Crippen LogP contribution in [0.1, 0.15) is 23.2 Å². The van der Waals surface area contributed by atoms with Crippen LogP contribution in [0.3, 0.4) is 0 Å². The minimum Gasteiger partial charge on any atom is -0.381 e. The molecule has 1 saturated heterocycles. The fraction of sp³-hybridized carbons (Fsp3) is 0.200. The molecule has 0 atom stereocenters. The molecule has 1 aliphatic heterocycles. The van der Waals surface area contributed by atoms with Gasteiger partial charge in [0.2, 0.25) is 0 Å². The van der Waals surface area contributed by atoms with Crippen molar-refractivity contribution in [3.8, 4) is 33.8 Å². The van der Waals surface area contributed by atoms with E-state index in [-0.39, 0.29) is 11.9 Å². The lowest BCUT2D eigenvalue weighted by Crippen LogP contribution is -2.38. The number of hydrogen-bond donors (Lipinski definition) is 1. The Morgan fingerprint density at radius 1 is 0.970 bits per heavy atom. The summed E-state index contributed by atoms with van der Waals surface area (Å²) in [6, 6.07) is 17.2. The molecule has 162 valence electrons. The molecule has 1 fully saturated rings. The highest BCUT2D eigenvalue weighted by molar-refractivity contribution is 6.09. The topological polar surface area (TPSA) is 81.9 Å². The van der Waals surface area contributed by atoms with Crippen molar-refractivity contribution in [1.82, 2.24) is 25.0 Å². The molecule has 8 heteroatoms. The van der Waals surface area contributed by atoms with E-state index in [1.807, 2.05) is 54.6 Å². The third kappa shape index (κ3) is 4.56. The summed E-state index contributed by atoms with van der Waals surface area (Å²) in [5, 5.41) is 7.32. The minimum atomic E-state index is -0.0643. The molecule has 33 heavy (non-hydrogen) atoms. The Labute approximate surface area is 193 Å². The number of rotatable bonds is 5. The maximum absolute atomic E-state index is 12.6. The summed E-state index contributed by atoms with van der Waals surface area (Å²) in [5.41, 5.74) is 5.60. The zero-order valence-corrected chi connectivity index (χ0v) is 18.0. The molecular weight excluding hydrogens is 413 g/mol. The van der Waals surface area contributed by atoms with Gasteiger partial charge < -0.3 is 14.6 Å². The van der Waals surface area contributed by atoms with E-state index in [4.69, 9.17) is 12.7 Å². The SMILES string of the molecule is [B]n1ncc(-c2ccnc(-c3ccc(C(=O)NC4CCOCC4)cc3)c2)c1-c1ccccn1.